The molecule has 0 saturated heterocycles. The maximum atomic E-state index is 13.1. The number of benzene rings is 4. The Labute approximate surface area is 249 Å². The van der Waals surface area contributed by atoms with E-state index in [4.69, 9.17) is 9.47 Å². The van der Waals surface area contributed by atoms with Gasteiger partial charge in [-0.1, -0.05) is 76.6 Å². The second kappa shape index (κ2) is 14.0. The van der Waals surface area contributed by atoms with Crippen molar-refractivity contribution in [1.29, 1.82) is 0 Å². The third-order valence-electron chi connectivity index (χ3n) is 6.21. The smallest absolute Gasteiger partial charge is 0.389 e. The van der Waals surface area contributed by atoms with E-state index in [2.05, 4.69) is 21.2 Å². The van der Waals surface area contributed by atoms with Crippen LogP contribution in [0.25, 0.3) is 11.1 Å². The van der Waals surface area contributed by atoms with Crippen LogP contribution in [-0.2, 0) is 11.2 Å². The fourth-order valence-electron chi connectivity index (χ4n) is 4.16. The lowest BCUT2D eigenvalue weighted by molar-refractivity contribution is -0.139. The highest BCUT2D eigenvalue weighted by atomic mass is 79.9. The van der Waals surface area contributed by atoms with Gasteiger partial charge in [0.1, 0.15) is 23.3 Å². The van der Waals surface area contributed by atoms with Crippen LogP contribution in [0.2, 0.25) is 0 Å². The first-order chi connectivity index (χ1) is 20.1. The Bertz CT molecular complexity index is 1510. The summed E-state index contributed by atoms with van der Waals surface area (Å²) < 4.78 is 49.4. The van der Waals surface area contributed by atoms with Crippen LogP contribution in [0.15, 0.2) is 102 Å². The van der Waals surface area contributed by atoms with E-state index in [-0.39, 0.29) is 30.8 Å². The number of para-hydroxylation sites is 2. The molecule has 0 fully saturated rings. The van der Waals surface area contributed by atoms with Crippen molar-refractivity contribution in [2.24, 2.45) is 0 Å². The molecule has 0 aromatic heterocycles. The summed E-state index contributed by atoms with van der Waals surface area (Å²) in [5, 5.41) is 12.3. The number of hydrogen-bond donors (Lipinski definition) is 2. The van der Waals surface area contributed by atoms with E-state index >= 15 is 0 Å². The normalized spacial score (nSPS) is 11.9. The minimum absolute atomic E-state index is 0.000703. The summed E-state index contributed by atoms with van der Waals surface area (Å²) in [5.74, 6) is -0.544. The molecule has 6 nitrogen and oxygen atoms in total. The maximum absolute atomic E-state index is 13.1. The van der Waals surface area contributed by atoms with Gasteiger partial charge >= 0.3 is 12.1 Å². The van der Waals surface area contributed by atoms with E-state index in [9.17, 15) is 27.9 Å². The molecule has 2 N–H and O–H groups in total. The van der Waals surface area contributed by atoms with Gasteiger partial charge in [0.2, 0.25) is 0 Å². The Morgan fingerprint density at radius 3 is 2.26 bits per heavy atom. The minimum Gasteiger partial charge on any atom is -0.493 e. The van der Waals surface area contributed by atoms with Gasteiger partial charge in [-0.25, -0.2) is 4.79 Å². The Morgan fingerprint density at radius 1 is 0.881 bits per heavy atom. The van der Waals surface area contributed by atoms with Crippen molar-refractivity contribution in [2.75, 3.05) is 6.61 Å². The van der Waals surface area contributed by atoms with E-state index in [1.54, 1.807) is 18.2 Å². The van der Waals surface area contributed by atoms with Crippen molar-refractivity contribution in [3.63, 3.8) is 0 Å². The van der Waals surface area contributed by atoms with Gasteiger partial charge in [-0.05, 0) is 53.9 Å². The van der Waals surface area contributed by atoms with E-state index in [0.29, 0.717) is 21.5 Å². The molecule has 0 aliphatic rings. The van der Waals surface area contributed by atoms with Gasteiger partial charge in [0, 0.05) is 22.9 Å². The van der Waals surface area contributed by atoms with Crippen LogP contribution in [0.5, 0.6) is 17.2 Å². The Morgan fingerprint density at radius 2 is 1.57 bits per heavy atom. The zero-order valence-corrected chi connectivity index (χ0v) is 23.8. The quantitative estimate of drug-likeness (QED) is 0.153. The number of carbonyl (C=O) groups excluding carboxylic acids is 1. The molecule has 1 amide bonds. The number of amides is 1. The van der Waals surface area contributed by atoms with Gasteiger partial charge < -0.3 is 19.9 Å². The highest BCUT2D eigenvalue weighted by Gasteiger charge is 2.27. The standard InChI is InChI=1S/C32H27BrF3NO5/c33-23-15-16-28(41-18-6-17-32(34,35)36)26(20-23)30(38)37-27(31(39)40)19-21-11-13-22(14-12-21)25-9-4-5-10-29(25)42-24-7-2-1-3-8-24/h1-5,7-16,20,27H,6,17-19H2,(H,37,38)(H,39,40). The lowest BCUT2D eigenvalue weighted by Gasteiger charge is -2.17. The predicted molar refractivity (Wildman–Crippen MR) is 156 cm³/mol. The number of halogens is 4. The molecule has 42 heavy (non-hydrogen) atoms. The Kier molecular flexibility index (Phi) is 10.2. The molecule has 0 aliphatic heterocycles. The average Bonchev–Trinajstić information content (AvgIpc) is 2.96. The number of carbonyl (C=O) groups is 2. The van der Waals surface area contributed by atoms with Crippen molar-refractivity contribution in [2.45, 2.75) is 31.5 Å². The first kappa shape index (κ1) is 30.6. The molecule has 4 aromatic rings. The topological polar surface area (TPSA) is 84.9 Å². The highest BCUT2D eigenvalue weighted by Crippen LogP contribution is 2.33. The average molecular weight is 642 g/mol. The summed E-state index contributed by atoms with van der Waals surface area (Å²) in [5.41, 5.74) is 2.40. The zero-order valence-electron chi connectivity index (χ0n) is 22.2. The summed E-state index contributed by atoms with van der Waals surface area (Å²) in [7, 11) is 0. The largest absolute Gasteiger partial charge is 0.493 e. The number of alkyl halides is 3. The van der Waals surface area contributed by atoms with Crippen LogP contribution < -0.4 is 14.8 Å². The fraction of sp³-hybridized carbons (Fsp3) is 0.188. The van der Waals surface area contributed by atoms with Crippen LogP contribution in [0.4, 0.5) is 13.2 Å². The van der Waals surface area contributed by atoms with Crippen molar-refractivity contribution >= 4 is 27.8 Å². The van der Waals surface area contributed by atoms with Gasteiger partial charge in [-0.2, -0.15) is 13.2 Å². The van der Waals surface area contributed by atoms with Crippen molar-refractivity contribution < 1.29 is 37.3 Å². The third kappa shape index (κ3) is 8.84. The fourth-order valence-corrected chi connectivity index (χ4v) is 4.52. The van der Waals surface area contributed by atoms with E-state index < -0.39 is 30.5 Å². The highest BCUT2D eigenvalue weighted by molar-refractivity contribution is 9.10. The molecule has 0 saturated carbocycles. The van der Waals surface area contributed by atoms with Gasteiger partial charge in [0.15, 0.2) is 0 Å². The predicted octanol–water partition coefficient (Wildman–Crippen LogP) is 8.06. The summed E-state index contributed by atoms with van der Waals surface area (Å²) >= 11 is 3.26. The van der Waals surface area contributed by atoms with Crippen LogP contribution >= 0.6 is 15.9 Å². The zero-order chi connectivity index (χ0) is 30.1. The number of carboxylic acids is 1. The monoisotopic (exact) mass is 641 g/mol. The van der Waals surface area contributed by atoms with E-state index in [1.807, 2.05) is 66.7 Å². The molecular weight excluding hydrogens is 615 g/mol. The second-order valence-corrected chi connectivity index (χ2v) is 10.3. The molecule has 0 radical (unpaired) electrons. The summed E-state index contributed by atoms with van der Waals surface area (Å²) in [6.07, 6.45) is -5.61. The number of nitrogens with one attached hydrogen (secondary N) is 1. The molecule has 10 heteroatoms. The number of ether oxygens (including phenoxy) is 2. The lowest BCUT2D eigenvalue weighted by atomic mass is 9.99. The number of carboxylic acid groups (broad SMARTS) is 1. The number of hydrogen-bond acceptors (Lipinski definition) is 4. The summed E-state index contributed by atoms with van der Waals surface area (Å²) in [4.78, 5) is 25.1. The minimum atomic E-state index is -4.31. The van der Waals surface area contributed by atoms with E-state index in [0.717, 1.165) is 11.1 Å². The summed E-state index contributed by atoms with van der Waals surface area (Å²) in [6.45, 7) is -0.254. The Balaban J connectivity index is 1.45. The molecule has 0 heterocycles. The van der Waals surface area contributed by atoms with Gasteiger partial charge in [-0.15, -0.1) is 0 Å². The first-order valence-corrected chi connectivity index (χ1v) is 13.8. The van der Waals surface area contributed by atoms with Crippen LogP contribution in [0, 0.1) is 0 Å². The third-order valence-corrected chi connectivity index (χ3v) is 6.71. The van der Waals surface area contributed by atoms with Gasteiger partial charge in [-0.3, -0.25) is 4.79 Å². The maximum Gasteiger partial charge on any atom is 0.389 e. The van der Waals surface area contributed by atoms with Crippen molar-refractivity contribution in [3.05, 3.63) is 113 Å². The molecule has 0 spiro atoms. The van der Waals surface area contributed by atoms with Gasteiger partial charge in [0.05, 0.1) is 12.2 Å². The Hall–Kier alpha value is -4.31. The number of rotatable bonds is 12. The van der Waals surface area contributed by atoms with Crippen molar-refractivity contribution in [1.82, 2.24) is 5.32 Å². The molecule has 1 unspecified atom stereocenters. The van der Waals surface area contributed by atoms with Crippen LogP contribution in [0.1, 0.15) is 28.8 Å². The molecule has 4 rings (SSSR count). The molecule has 0 bridgehead atoms. The SMILES string of the molecule is O=C(NC(Cc1ccc(-c2ccccc2Oc2ccccc2)cc1)C(=O)O)c1cc(Br)ccc1OCCCC(F)(F)F. The molecule has 4 aromatic carbocycles. The van der Waals surface area contributed by atoms with Crippen LogP contribution in [0.3, 0.4) is 0 Å². The lowest BCUT2D eigenvalue weighted by Crippen LogP contribution is -2.42. The van der Waals surface area contributed by atoms with Gasteiger partial charge in [0.25, 0.3) is 5.91 Å². The molecule has 0 aliphatic carbocycles. The summed E-state index contributed by atoms with van der Waals surface area (Å²) in [6, 6.07) is 27.4. The molecule has 1 atom stereocenters. The van der Waals surface area contributed by atoms with Crippen molar-refractivity contribution in [3.8, 4) is 28.4 Å². The number of aliphatic carboxylic acids is 1. The molecule has 218 valence electrons. The molecular formula is C32H27BrF3NO5. The van der Waals surface area contributed by atoms with E-state index in [1.165, 1.54) is 12.1 Å². The first-order valence-electron chi connectivity index (χ1n) is 13.0. The second-order valence-electron chi connectivity index (χ2n) is 9.38. The van der Waals surface area contributed by atoms with Crippen LogP contribution in [-0.4, -0.2) is 35.8 Å².